The van der Waals surface area contributed by atoms with E-state index >= 15 is 0 Å². The number of anilines is 2. The third-order valence-corrected chi connectivity index (χ3v) is 3.33. The van der Waals surface area contributed by atoms with E-state index in [1.54, 1.807) is 6.07 Å². The van der Waals surface area contributed by atoms with Gasteiger partial charge in [-0.2, -0.15) is 0 Å². The number of carbonyl (C=O) groups is 2. The Morgan fingerprint density at radius 1 is 0.857 bits per heavy atom. The van der Waals surface area contributed by atoms with Crippen molar-refractivity contribution in [3.8, 4) is 11.5 Å². The molecule has 0 atom stereocenters. The Kier molecular flexibility index (Phi) is 3.38. The maximum absolute atomic E-state index is 12.4. The molecule has 6 N–H and O–H groups in total. The number of fused-ring (bicyclic) bond motifs is 2. The number of aromatic hydroxyl groups is 2. The number of nitrogen functional groups attached to an aromatic ring is 2. The van der Waals surface area contributed by atoms with Crippen LogP contribution in [0.1, 0.15) is 31.8 Å². The van der Waals surface area contributed by atoms with Crippen molar-refractivity contribution in [1.29, 1.82) is 0 Å². The molecule has 0 unspecified atom stereocenters. The first-order valence-electron chi connectivity index (χ1n) is 5.75. The van der Waals surface area contributed by atoms with Crippen molar-refractivity contribution in [3.05, 3.63) is 46.5 Å². The van der Waals surface area contributed by atoms with Gasteiger partial charge >= 0.3 is 0 Å². The first-order chi connectivity index (χ1) is 9.43. The number of rotatable bonds is 0. The lowest BCUT2D eigenvalue weighted by atomic mass is 9.82. The van der Waals surface area contributed by atoms with Crippen molar-refractivity contribution >= 4 is 39.9 Å². The van der Waals surface area contributed by atoms with Crippen LogP contribution in [-0.2, 0) is 0 Å². The molecule has 21 heavy (non-hydrogen) atoms. The number of phenols is 2. The van der Waals surface area contributed by atoms with Gasteiger partial charge in [-0.25, -0.2) is 0 Å². The molecule has 7 heteroatoms. The van der Waals surface area contributed by atoms with Gasteiger partial charge in [0.1, 0.15) is 0 Å². The van der Waals surface area contributed by atoms with Crippen LogP contribution in [0, 0.1) is 0 Å². The van der Waals surface area contributed by atoms with Crippen molar-refractivity contribution < 1.29 is 19.8 Å². The summed E-state index contributed by atoms with van der Waals surface area (Å²) in [4.78, 5) is 24.9. The molecule has 1 aliphatic carbocycles. The molecule has 0 bridgehead atoms. The summed E-state index contributed by atoms with van der Waals surface area (Å²) < 4.78 is 0. The zero-order valence-corrected chi connectivity index (χ0v) is 12.3. The third-order valence-electron chi connectivity index (χ3n) is 3.33. The Bertz CT molecular complexity index is 802. The average Bonchev–Trinajstić information content (AvgIpc) is 2.40. The van der Waals surface area contributed by atoms with Crippen LogP contribution in [0.5, 0.6) is 11.5 Å². The van der Waals surface area contributed by atoms with Gasteiger partial charge in [-0.15, -0.1) is 17.0 Å². The number of halogens is 1. The Morgan fingerprint density at radius 3 is 2.19 bits per heavy atom. The van der Waals surface area contributed by atoms with Crippen molar-refractivity contribution in [2.24, 2.45) is 0 Å². The number of nitrogens with two attached hydrogens (primary N) is 2. The van der Waals surface area contributed by atoms with Crippen molar-refractivity contribution in [2.45, 2.75) is 0 Å². The highest BCUT2D eigenvalue weighted by molar-refractivity contribution is 8.93. The zero-order chi connectivity index (χ0) is 14.6. The molecule has 0 radical (unpaired) electrons. The molecule has 0 aliphatic heterocycles. The van der Waals surface area contributed by atoms with Gasteiger partial charge in [0.2, 0.25) is 5.78 Å². The van der Waals surface area contributed by atoms with E-state index in [1.165, 1.54) is 12.1 Å². The van der Waals surface area contributed by atoms with Gasteiger partial charge in [0, 0.05) is 23.0 Å². The lowest BCUT2D eigenvalue weighted by molar-refractivity contribution is 0.0977. The summed E-state index contributed by atoms with van der Waals surface area (Å²) in [5, 5.41) is 19.4. The van der Waals surface area contributed by atoms with E-state index in [1.807, 2.05) is 0 Å². The van der Waals surface area contributed by atoms with E-state index in [4.69, 9.17) is 11.5 Å². The first-order valence-corrected chi connectivity index (χ1v) is 5.75. The Hall–Kier alpha value is -2.54. The topological polar surface area (TPSA) is 127 Å². The van der Waals surface area contributed by atoms with E-state index in [2.05, 4.69) is 0 Å². The molecule has 1 aliphatic rings. The molecular weight excluding hydrogens is 340 g/mol. The number of hydrogen-bond donors (Lipinski definition) is 4. The van der Waals surface area contributed by atoms with Gasteiger partial charge in [0.25, 0.3) is 0 Å². The van der Waals surface area contributed by atoms with Crippen LogP contribution >= 0.6 is 17.0 Å². The second kappa shape index (κ2) is 4.78. The number of benzene rings is 2. The number of phenolic OH excluding ortho intramolecular Hbond substituents is 2. The summed E-state index contributed by atoms with van der Waals surface area (Å²) in [5.74, 6) is -2.36. The molecule has 0 saturated heterocycles. The molecule has 0 fully saturated rings. The van der Waals surface area contributed by atoms with E-state index in [0.717, 1.165) is 6.07 Å². The minimum absolute atomic E-state index is 0. The van der Waals surface area contributed by atoms with E-state index < -0.39 is 23.1 Å². The van der Waals surface area contributed by atoms with Gasteiger partial charge in [-0.3, -0.25) is 9.59 Å². The fourth-order valence-electron chi connectivity index (χ4n) is 2.42. The molecule has 3 rings (SSSR count). The highest BCUT2D eigenvalue weighted by Crippen LogP contribution is 2.42. The second-order valence-corrected chi connectivity index (χ2v) is 4.51. The number of ketones is 2. The highest BCUT2D eigenvalue weighted by Gasteiger charge is 2.36. The monoisotopic (exact) mass is 350 g/mol. The highest BCUT2D eigenvalue weighted by atomic mass is 79.9. The van der Waals surface area contributed by atoms with Crippen molar-refractivity contribution in [1.82, 2.24) is 0 Å². The summed E-state index contributed by atoms with van der Waals surface area (Å²) in [6.45, 7) is 0. The number of hydrogen-bond acceptors (Lipinski definition) is 6. The molecule has 0 aromatic heterocycles. The largest absolute Gasteiger partial charge is 0.504 e. The standard InChI is InChI=1S/C14H10N2O4.BrH/c15-6-3-1-2-5-9(6)14(20)11-10(12(5)18)7(16)4-8(17)13(11)19;/h1-4,17,19H,15-16H2;1H. The summed E-state index contributed by atoms with van der Waals surface area (Å²) in [7, 11) is 0. The molecule has 2 aromatic rings. The summed E-state index contributed by atoms with van der Waals surface area (Å²) in [5.41, 5.74) is 11.2. The predicted octanol–water partition coefficient (Wildman–Crippen LogP) is 1.62. The second-order valence-electron chi connectivity index (χ2n) is 4.51. The minimum atomic E-state index is -0.665. The zero-order valence-electron chi connectivity index (χ0n) is 10.6. The Labute approximate surface area is 129 Å². The molecule has 6 nitrogen and oxygen atoms in total. The van der Waals surface area contributed by atoms with Crippen LogP contribution in [0.25, 0.3) is 0 Å². The molecular formula is C14H11BrN2O4. The summed E-state index contributed by atoms with van der Waals surface area (Å²) >= 11 is 0. The maximum Gasteiger partial charge on any atom is 0.200 e. The van der Waals surface area contributed by atoms with Crippen LogP contribution in [0.4, 0.5) is 11.4 Å². The van der Waals surface area contributed by atoms with Gasteiger partial charge in [-0.05, 0) is 6.07 Å². The first kappa shape index (κ1) is 14.9. The van der Waals surface area contributed by atoms with E-state index in [9.17, 15) is 19.8 Å². The lowest BCUT2D eigenvalue weighted by Crippen LogP contribution is -2.23. The molecule has 2 aromatic carbocycles. The molecule has 108 valence electrons. The molecule has 0 heterocycles. The molecule has 0 saturated carbocycles. The van der Waals surface area contributed by atoms with Crippen LogP contribution in [0.3, 0.4) is 0 Å². The maximum atomic E-state index is 12.4. The number of carbonyl (C=O) groups excluding carboxylic acids is 2. The SMILES string of the molecule is Br.Nc1cccc2c1C(=O)c1c(O)c(O)cc(N)c1C2=O. The van der Waals surface area contributed by atoms with Gasteiger partial charge in [0.15, 0.2) is 17.3 Å². The van der Waals surface area contributed by atoms with Crippen LogP contribution in [-0.4, -0.2) is 21.8 Å². The van der Waals surface area contributed by atoms with Gasteiger partial charge in [0.05, 0.1) is 16.7 Å². The smallest absolute Gasteiger partial charge is 0.200 e. The minimum Gasteiger partial charge on any atom is -0.504 e. The van der Waals surface area contributed by atoms with Crippen molar-refractivity contribution in [2.75, 3.05) is 11.5 Å². The van der Waals surface area contributed by atoms with Crippen LogP contribution in [0.2, 0.25) is 0 Å². The van der Waals surface area contributed by atoms with E-state index in [0.29, 0.717) is 0 Å². The fourth-order valence-corrected chi connectivity index (χ4v) is 2.42. The quantitative estimate of drug-likeness (QED) is 0.277. The Morgan fingerprint density at radius 2 is 1.52 bits per heavy atom. The van der Waals surface area contributed by atoms with Crippen LogP contribution < -0.4 is 11.5 Å². The molecule has 0 spiro atoms. The lowest BCUT2D eigenvalue weighted by Gasteiger charge is -2.21. The fraction of sp³-hybridized carbons (Fsp3) is 0. The third kappa shape index (κ3) is 1.85. The van der Waals surface area contributed by atoms with Crippen molar-refractivity contribution in [3.63, 3.8) is 0 Å². The van der Waals surface area contributed by atoms with Crippen LogP contribution in [0.15, 0.2) is 24.3 Å². The normalized spacial score (nSPS) is 12.4. The summed E-state index contributed by atoms with van der Waals surface area (Å²) in [6, 6.07) is 5.55. The van der Waals surface area contributed by atoms with E-state index in [-0.39, 0.29) is 50.6 Å². The molecule has 0 amide bonds. The summed E-state index contributed by atoms with van der Waals surface area (Å²) in [6.07, 6.45) is 0. The predicted molar refractivity (Wildman–Crippen MR) is 82.2 cm³/mol. The van der Waals surface area contributed by atoms with Gasteiger partial charge < -0.3 is 21.7 Å². The Balaban J connectivity index is 0.00000161. The van der Waals surface area contributed by atoms with Gasteiger partial charge in [-0.1, -0.05) is 12.1 Å². The average molecular weight is 351 g/mol.